The lowest BCUT2D eigenvalue weighted by Crippen LogP contribution is -2.17. The van der Waals surface area contributed by atoms with E-state index in [2.05, 4.69) is 4.74 Å². The van der Waals surface area contributed by atoms with E-state index in [0.717, 1.165) is 13.0 Å². The van der Waals surface area contributed by atoms with Crippen molar-refractivity contribution in [3.63, 3.8) is 0 Å². The first kappa shape index (κ1) is 2.69. The molecule has 0 aliphatic carbocycles. The van der Waals surface area contributed by atoms with Gasteiger partial charge in [-0.05, 0) is 0 Å². The van der Waals surface area contributed by atoms with Crippen molar-refractivity contribution in [3.8, 4) is 0 Å². The standard InChI is InChI=1S/C3H5NO/c4-3-1-2-5-3/h4H,1-2H2. The maximum absolute atomic E-state index is 6.61. The number of rotatable bonds is 0. The SMILES string of the molecule is N=C1CCO1. The molecule has 0 aromatic carbocycles. The maximum atomic E-state index is 6.61. The molecule has 1 fully saturated rings. The molecule has 0 aromatic heterocycles. The number of ether oxygens (including phenoxy) is 1. The number of hydrogen-bond acceptors (Lipinski definition) is 2. The summed E-state index contributed by atoms with van der Waals surface area (Å²) in [5.41, 5.74) is 0. The van der Waals surface area contributed by atoms with E-state index in [9.17, 15) is 0 Å². The van der Waals surface area contributed by atoms with Crippen LogP contribution in [0.1, 0.15) is 6.42 Å². The van der Waals surface area contributed by atoms with Gasteiger partial charge in [0.15, 0.2) is 5.90 Å². The maximum Gasteiger partial charge on any atom is 0.183 e. The van der Waals surface area contributed by atoms with Crippen LogP contribution in [0, 0.1) is 5.41 Å². The fraction of sp³-hybridized carbons (Fsp3) is 0.667. The van der Waals surface area contributed by atoms with Gasteiger partial charge in [0.2, 0.25) is 0 Å². The third kappa shape index (κ3) is 0.251. The molecule has 0 amide bonds. The van der Waals surface area contributed by atoms with E-state index in [4.69, 9.17) is 5.41 Å². The average molecular weight is 71.1 g/mol. The number of nitrogens with one attached hydrogen (secondary N) is 1. The van der Waals surface area contributed by atoms with Crippen LogP contribution in [0.3, 0.4) is 0 Å². The average Bonchev–Trinajstić information content (AvgIpc) is 1.30. The molecule has 0 saturated carbocycles. The summed E-state index contributed by atoms with van der Waals surface area (Å²) in [6.07, 6.45) is 0.847. The summed E-state index contributed by atoms with van der Waals surface area (Å²) in [5, 5.41) is 6.61. The molecule has 28 valence electrons. The third-order valence-electron chi connectivity index (χ3n) is 0.605. The second-order valence-corrected chi connectivity index (χ2v) is 1.02. The fourth-order valence-corrected chi connectivity index (χ4v) is 0.204. The zero-order chi connectivity index (χ0) is 3.70. The van der Waals surface area contributed by atoms with Gasteiger partial charge in [0.05, 0.1) is 13.0 Å². The first-order valence-electron chi connectivity index (χ1n) is 1.60. The minimum Gasteiger partial charge on any atom is -0.480 e. The Morgan fingerprint density at radius 2 is 2.20 bits per heavy atom. The fourth-order valence-electron chi connectivity index (χ4n) is 0.204. The molecular weight excluding hydrogens is 66.0 g/mol. The van der Waals surface area contributed by atoms with Crippen LogP contribution in [0.15, 0.2) is 0 Å². The summed E-state index contributed by atoms with van der Waals surface area (Å²) in [6.45, 7) is 0.763. The highest BCUT2D eigenvalue weighted by atomic mass is 16.5. The van der Waals surface area contributed by atoms with Crippen molar-refractivity contribution in [2.75, 3.05) is 6.61 Å². The lowest BCUT2D eigenvalue weighted by atomic mass is 10.4. The summed E-state index contributed by atoms with van der Waals surface area (Å²) in [7, 11) is 0. The molecule has 1 aliphatic rings. The molecule has 0 spiro atoms. The molecule has 1 rings (SSSR count). The van der Waals surface area contributed by atoms with Gasteiger partial charge < -0.3 is 4.74 Å². The van der Waals surface area contributed by atoms with Crippen LogP contribution in [0.5, 0.6) is 0 Å². The normalized spacial score (nSPS) is 20.4. The van der Waals surface area contributed by atoms with Gasteiger partial charge in [-0.2, -0.15) is 0 Å². The predicted molar refractivity (Wildman–Crippen MR) is 18.3 cm³/mol. The molecule has 2 nitrogen and oxygen atoms in total. The Balaban J connectivity index is 2.32. The van der Waals surface area contributed by atoms with Crippen molar-refractivity contribution in [2.45, 2.75) is 6.42 Å². The Hall–Kier alpha value is -0.530. The van der Waals surface area contributed by atoms with Gasteiger partial charge >= 0.3 is 0 Å². The van der Waals surface area contributed by atoms with Gasteiger partial charge in [-0.15, -0.1) is 0 Å². The van der Waals surface area contributed by atoms with E-state index in [1.54, 1.807) is 0 Å². The molecule has 0 atom stereocenters. The minimum absolute atomic E-state index is 0.435. The van der Waals surface area contributed by atoms with E-state index < -0.39 is 0 Å². The molecule has 2 heteroatoms. The second kappa shape index (κ2) is 0.708. The zero-order valence-electron chi connectivity index (χ0n) is 2.82. The Kier molecular flexibility index (Phi) is 0.381. The highest BCUT2D eigenvalue weighted by Gasteiger charge is 2.05. The molecule has 1 heterocycles. The smallest absolute Gasteiger partial charge is 0.183 e. The Morgan fingerprint density at radius 1 is 1.80 bits per heavy atom. The third-order valence-corrected chi connectivity index (χ3v) is 0.605. The van der Waals surface area contributed by atoms with Crippen LogP contribution in [-0.4, -0.2) is 12.5 Å². The van der Waals surface area contributed by atoms with E-state index in [1.807, 2.05) is 0 Å². The topological polar surface area (TPSA) is 33.1 Å². The highest BCUT2D eigenvalue weighted by molar-refractivity contribution is 5.76. The van der Waals surface area contributed by atoms with E-state index in [0.29, 0.717) is 5.90 Å². The largest absolute Gasteiger partial charge is 0.480 e. The molecule has 0 radical (unpaired) electrons. The first-order chi connectivity index (χ1) is 2.39. The van der Waals surface area contributed by atoms with Crippen molar-refractivity contribution in [1.82, 2.24) is 0 Å². The van der Waals surface area contributed by atoms with Gasteiger partial charge in [0.25, 0.3) is 0 Å². The summed E-state index contributed by atoms with van der Waals surface area (Å²) in [5.74, 6) is 0.435. The van der Waals surface area contributed by atoms with Crippen LogP contribution in [0.25, 0.3) is 0 Å². The molecule has 1 saturated heterocycles. The van der Waals surface area contributed by atoms with E-state index in [-0.39, 0.29) is 0 Å². The van der Waals surface area contributed by atoms with Crippen LogP contribution in [0.4, 0.5) is 0 Å². The highest BCUT2D eigenvalue weighted by Crippen LogP contribution is 1.97. The second-order valence-electron chi connectivity index (χ2n) is 1.02. The molecule has 1 N–H and O–H groups in total. The van der Waals surface area contributed by atoms with Crippen molar-refractivity contribution in [1.29, 1.82) is 5.41 Å². The predicted octanol–water partition coefficient (Wildman–Crippen LogP) is 0.384. The summed E-state index contributed by atoms with van der Waals surface area (Å²) in [4.78, 5) is 0. The summed E-state index contributed by atoms with van der Waals surface area (Å²) >= 11 is 0. The molecule has 5 heavy (non-hydrogen) atoms. The lowest BCUT2D eigenvalue weighted by molar-refractivity contribution is 0.231. The van der Waals surface area contributed by atoms with Crippen LogP contribution < -0.4 is 0 Å². The van der Waals surface area contributed by atoms with Crippen LogP contribution >= 0.6 is 0 Å². The van der Waals surface area contributed by atoms with Gasteiger partial charge in [-0.3, -0.25) is 5.41 Å². The molecule has 1 aliphatic heterocycles. The molecule has 0 unspecified atom stereocenters. The lowest BCUT2D eigenvalue weighted by Gasteiger charge is -2.13. The van der Waals surface area contributed by atoms with Crippen LogP contribution in [0.2, 0.25) is 0 Å². The van der Waals surface area contributed by atoms with E-state index >= 15 is 0 Å². The Bertz CT molecular complexity index is 53.9. The molecule has 0 aromatic rings. The van der Waals surface area contributed by atoms with Crippen molar-refractivity contribution >= 4 is 5.90 Å². The van der Waals surface area contributed by atoms with Crippen molar-refractivity contribution in [2.24, 2.45) is 0 Å². The number of hydrogen-bond donors (Lipinski definition) is 1. The van der Waals surface area contributed by atoms with Crippen LogP contribution in [-0.2, 0) is 4.74 Å². The zero-order valence-corrected chi connectivity index (χ0v) is 2.82. The van der Waals surface area contributed by atoms with Crippen molar-refractivity contribution in [3.05, 3.63) is 0 Å². The first-order valence-corrected chi connectivity index (χ1v) is 1.60. The van der Waals surface area contributed by atoms with Gasteiger partial charge in [0.1, 0.15) is 0 Å². The quantitative estimate of drug-likeness (QED) is 0.440. The van der Waals surface area contributed by atoms with E-state index in [1.165, 1.54) is 0 Å². The monoisotopic (exact) mass is 71.0 g/mol. The van der Waals surface area contributed by atoms with Gasteiger partial charge in [-0.1, -0.05) is 0 Å². The van der Waals surface area contributed by atoms with Gasteiger partial charge in [-0.25, -0.2) is 0 Å². The Labute approximate surface area is 30.3 Å². The molecular formula is C3H5NO. The summed E-state index contributed by atoms with van der Waals surface area (Å²) < 4.78 is 4.51. The molecule has 0 bridgehead atoms. The van der Waals surface area contributed by atoms with Gasteiger partial charge in [0, 0.05) is 0 Å². The minimum atomic E-state index is 0.435. The Morgan fingerprint density at radius 3 is 2.20 bits per heavy atom. The van der Waals surface area contributed by atoms with Crippen molar-refractivity contribution < 1.29 is 4.74 Å². The summed E-state index contributed by atoms with van der Waals surface area (Å²) in [6, 6.07) is 0.